The Balaban J connectivity index is 2.43. The molecule has 0 heterocycles. The number of hydrogen-bond acceptors (Lipinski definition) is 5. The van der Waals surface area contributed by atoms with Gasteiger partial charge in [0.05, 0.1) is 0 Å². The second-order valence-electron chi connectivity index (χ2n) is 10.1. The van der Waals surface area contributed by atoms with E-state index in [9.17, 15) is 19.5 Å². The number of carboxylic acids is 1. The van der Waals surface area contributed by atoms with Crippen molar-refractivity contribution in [2.75, 3.05) is 11.5 Å². The SMILES string of the molecule is C/C(I)=C\CC/C(C)=C/CC/C(C)=C/CSC[C@H](NC(=O)C1(NC(=O)OC(C)(C)C)CC1)C(=O)O. The number of hydrogen-bond donors (Lipinski definition) is 3. The van der Waals surface area contributed by atoms with Crippen molar-refractivity contribution in [3.63, 3.8) is 0 Å². The van der Waals surface area contributed by atoms with Gasteiger partial charge in [-0.1, -0.05) is 29.4 Å². The number of halogens is 1. The maximum Gasteiger partial charge on any atom is 0.408 e. The number of carboxylic acid groups (broad SMARTS) is 1. The zero-order chi connectivity index (χ0) is 26.6. The number of ether oxygens (including phenoxy) is 1. The van der Waals surface area contributed by atoms with Gasteiger partial charge in [0.1, 0.15) is 17.2 Å². The second-order valence-corrected chi connectivity index (χ2v) is 12.9. The van der Waals surface area contributed by atoms with Gasteiger partial charge in [-0.15, -0.1) is 0 Å². The molecule has 1 rings (SSSR count). The number of nitrogens with one attached hydrogen (secondary N) is 2. The lowest BCUT2D eigenvalue weighted by Crippen LogP contribution is -2.54. The van der Waals surface area contributed by atoms with Gasteiger partial charge >= 0.3 is 12.1 Å². The predicted molar refractivity (Wildman–Crippen MR) is 152 cm³/mol. The van der Waals surface area contributed by atoms with Gasteiger partial charge < -0.3 is 20.5 Å². The van der Waals surface area contributed by atoms with Crippen molar-refractivity contribution in [1.82, 2.24) is 10.6 Å². The van der Waals surface area contributed by atoms with E-state index < -0.39 is 35.2 Å². The lowest BCUT2D eigenvalue weighted by atomic mass is 10.1. The molecule has 0 aromatic rings. The number of carbonyl (C=O) groups is 3. The Morgan fingerprint density at radius 1 is 1.06 bits per heavy atom. The van der Waals surface area contributed by atoms with E-state index in [0.29, 0.717) is 18.6 Å². The summed E-state index contributed by atoms with van der Waals surface area (Å²) in [6.07, 6.45) is 11.0. The molecule has 0 aromatic heterocycles. The number of amides is 2. The average Bonchev–Trinajstić information content (AvgIpc) is 3.48. The topological polar surface area (TPSA) is 105 Å². The Labute approximate surface area is 228 Å². The van der Waals surface area contributed by atoms with Gasteiger partial charge in [0.15, 0.2) is 0 Å². The van der Waals surface area contributed by atoms with Crippen LogP contribution >= 0.6 is 34.4 Å². The van der Waals surface area contributed by atoms with Gasteiger partial charge in [-0.25, -0.2) is 9.59 Å². The van der Waals surface area contributed by atoms with E-state index in [1.165, 1.54) is 26.5 Å². The van der Waals surface area contributed by atoms with Crippen LogP contribution in [-0.4, -0.2) is 51.8 Å². The maximum absolute atomic E-state index is 12.7. The summed E-state index contributed by atoms with van der Waals surface area (Å²) in [5.74, 6) is -0.645. The van der Waals surface area contributed by atoms with E-state index in [2.05, 4.69) is 72.2 Å². The first-order chi connectivity index (χ1) is 16.2. The fraction of sp³-hybridized carbons (Fsp3) is 0.654. The molecular formula is C26H41IN2O5S. The summed E-state index contributed by atoms with van der Waals surface area (Å²) in [7, 11) is 0. The Morgan fingerprint density at radius 2 is 1.63 bits per heavy atom. The van der Waals surface area contributed by atoms with Crippen LogP contribution < -0.4 is 10.6 Å². The Bertz CT molecular complexity index is 837. The molecule has 7 nitrogen and oxygen atoms in total. The minimum Gasteiger partial charge on any atom is -0.480 e. The highest BCUT2D eigenvalue weighted by Crippen LogP contribution is 2.36. The van der Waals surface area contributed by atoms with Crippen LogP contribution in [0, 0.1) is 0 Å². The van der Waals surface area contributed by atoms with Crippen molar-refractivity contribution in [3.8, 4) is 0 Å². The third-order valence-electron chi connectivity index (χ3n) is 5.36. The summed E-state index contributed by atoms with van der Waals surface area (Å²) in [5.41, 5.74) is 0.909. The fourth-order valence-corrected chi connectivity index (χ4v) is 4.45. The van der Waals surface area contributed by atoms with Crippen molar-refractivity contribution in [3.05, 3.63) is 33.0 Å². The van der Waals surface area contributed by atoms with Crippen molar-refractivity contribution < 1.29 is 24.2 Å². The van der Waals surface area contributed by atoms with Crippen LogP contribution in [0.15, 0.2) is 33.0 Å². The third kappa shape index (κ3) is 14.0. The minimum atomic E-state index is -1.09. The first kappa shape index (κ1) is 31.5. The summed E-state index contributed by atoms with van der Waals surface area (Å²) in [4.78, 5) is 36.4. The maximum atomic E-state index is 12.7. The largest absolute Gasteiger partial charge is 0.480 e. The molecule has 198 valence electrons. The van der Waals surface area contributed by atoms with Crippen LogP contribution in [0.2, 0.25) is 0 Å². The molecule has 0 radical (unpaired) electrons. The molecule has 1 saturated carbocycles. The van der Waals surface area contributed by atoms with Gasteiger partial charge in [0.2, 0.25) is 5.91 Å². The van der Waals surface area contributed by atoms with E-state index in [0.717, 1.165) is 25.7 Å². The molecular weight excluding hydrogens is 579 g/mol. The summed E-state index contributed by atoms with van der Waals surface area (Å²) in [6, 6.07) is -1.02. The lowest BCUT2D eigenvalue weighted by molar-refractivity contribution is -0.141. The average molecular weight is 621 g/mol. The number of thioether (sulfide) groups is 1. The molecule has 0 aromatic carbocycles. The molecule has 0 unspecified atom stereocenters. The zero-order valence-corrected chi connectivity index (χ0v) is 24.8. The van der Waals surface area contributed by atoms with Crippen molar-refractivity contribution >= 4 is 52.3 Å². The molecule has 2 amide bonds. The van der Waals surface area contributed by atoms with Gasteiger partial charge in [0, 0.05) is 11.5 Å². The van der Waals surface area contributed by atoms with Crippen molar-refractivity contribution in [2.24, 2.45) is 0 Å². The summed E-state index contributed by atoms with van der Waals surface area (Å²) < 4.78 is 6.54. The standard InChI is InChI=1S/C26H41IN2O5S/c1-18(11-8-12-20(3)27)9-7-10-19(2)13-16-35-17-21(22(30)31)28-23(32)26(14-15-26)29-24(33)34-25(4,5)6/h9,12-13,21H,7-8,10-11,14-17H2,1-6H3,(H,28,32)(H,29,33)(H,30,31)/b18-9+,19-13+,20-12+/t21-/m0/s1. The molecule has 0 bridgehead atoms. The fourth-order valence-electron chi connectivity index (χ4n) is 3.14. The van der Waals surface area contributed by atoms with E-state index >= 15 is 0 Å². The molecule has 1 atom stereocenters. The minimum absolute atomic E-state index is 0.246. The summed E-state index contributed by atoms with van der Waals surface area (Å²) >= 11 is 3.79. The predicted octanol–water partition coefficient (Wildman–Crippen LogP) is 6.14. The van der Waals surface area contributed by atoms with Crippen molar-refractivity contribution in [2.45, 2.75) is 97.2 Å². The van der Waals surface area contributed by atoms with Gasteiger partial charge in [-0.3, -0.25) is 4.79 Å². The molecule has 35 heavy (non-hydrogen) atoms. The molecule has 0 saturated heterocycles. The van der Waals surface area contributed by atoms with Gasteiger partial charge in [-0.2, -0.15) is 11.8 Å². The number of aliphatic carboxylic acids is 1. The zero-order valence-electron chi connectivity index (χ0n) is 21.8. The van der Waals surface area contributed by atoms with E-state index in [1.807, 2.05) is 0 Å². The Kier molecular flexibility index (Phi) is 13.4. The second kappa shape index (κ2) is 14.9. The summed E-state index contributed by atoms with van der Waals surface area (Å²) in [5, 5.41) is 14.7. The number of allylic oxidation sites excluding steroid dienone is 5. The van der Waals surface area contributed by atoms with Crippen LogP contribution in [0.5, 0.6) is 0 Å². The van der Waals surface area contributed by atoms with Crippen LogP contribution in [0.25, 0.3) is 0 Å². The molecule has 1 aliphatic carbocycles. The highest BCUT2D eigenvalue weighted by Gasteiger charge is 2.52. The first-order valence-corrected chi connectivity index (χ1v) is 14.2. The first-order valence-electron chi connectivity index (χ1n) is 12.0. The summed E-state index contributed by atoms with van der Waals surface area (Å²) in [6.45, 7) is 11.6. The van der Waals surface area contributed by atoms with E-state index in [-0.39, 0.29) is 5.75 Å². The normalized spacial score (nSPS) is 16.9. The monoisotopic (exact) mass is 620 g/mol. The van der Waals surface area contributed by atoms with E-state index in [1.54, 1.807) is 20.8 Å². The molecule has 1 fully saturated rings. The van der Waals surface area contributed by atoms with E-state index in [4.69, 9.17) is 4.74 Å². The lowest BCUT2D eigenvalue weighted by Gasteiger charge is -2.24. The highest BCUT2D eigenvalue weighted by atomic mass is 127. The Hall–Kier alpha value is -1.49. The molecule has 0 aliphatic heterocycles. The number of alkyl carbamates (subject to hydrolysis) is 1. The van der Waals surface area contributed by atoms with Crippen molar-refractivity contribution in [1.29, 1.82) is 0 Å². The van der Waals surface area contributed by atoms with Gasteiger partial charge in [0.25, 0.3) is 0 Å². The molecule has 1 aliphatic rings. The van der Waals surface area contributed by atoms with Crippen LogP contribution in [0.1, 0.15) is 80.1 Å². The quantitative estimate of drug-likeness (QED) is 0.123. The van der Waals surface area contributed by atoms with Gasteiger partial charge in [-0.05, 0) is 106 Å². The van der Waals surface area contributed by atoms with Crippen LogP contribution in [0.3, 0.4) is 0 Å². The van der Waals surface area contributed by atoms with Crippen LogP contribution in [0.4, 0.5) is 4.79 Å². The molecule has 0 spiro atoms. The number of rotatable bonds is 14. The van der Waals surface area contributed by atoms with Crippen LogP contribution in [-0.2, 0) is 14.3 Å². The number of carbonyl (C=O) groups excluding carboxylic acids is 2. The smallest absolute Gasteiger partial charge is 0.408 e. The molecule has 3 N–H and O–H groups in total. The highest BCUT2D eigenvalue weighted by molar-refractivity contribution is 14.1. The molecule has 9 heteroatoms. The Morgan fingerprint density at radius 3 is 2.14 bits per heavy atom. The third-order valence-corrected chi connectivity index (χ3v) is 6.77.